The Kier molecular flexibility index (Phi) is 6.73. The molecule has 2 fully saturated rings. The molecule has 1 saturated carbocycles. The van der Waals surface area contributed by atoms with Crippen LogP contribution in [0.2, 0.25) is 0 Å². The third kappa shape index (κ3) is 5.00. The fourth-order valence-electron chi connectivity index (χ4n) is 4.22. The first-order valence-corrected chi connectivity index (χ1v) is 10.0. The number of rotatable bonds is 7. The predicted octanol–water partition coefficient (Wildman–Crippen LogP) is 2.41. The molecule has 0 spiro atoms. The van der Waals surface area contributed by atoms with Crippen molar-refractivity contribution in [1.29, 1.82) is 0 Å². The third-order valence-electron chi connectivity index (χ3n) is 5.72. The van der Waals surface area contributed by atoms with Crippen LogP contribution in [0.3, 0.4) is 0 Å². The maximum absolute atomic E-state index is 12.6. The van der Waals surface area contributed by atoms with Gasteiger partial charge in [0.15, 0.2) is 0 Å². The molecular formula is C21H33N3O3. The number of aryl methyl sites for hydroxylation is 1. The van der Waals surface area contributed by atoms with Crippen molar-refractivity contribution in [1.82, 2.24) is 15.1 Å². The summed E-state index contributed by atoms with van der Waals surface area (Å²) >= 11 is 0. The molecule has 1 saturated heterocycles. The lowest BCUT2D eigenvalue weighted by Crippen LogP contribution is -2.67. The number of carbonyl (C=O) groups excluding carboxylic acids is 1. The molecule has 1 aliphatic carbocycles. The smallest absolute Gasteiger partial charge is 0.317 e. The molecule has 0 unspecified atom stereocenters. The number of urea groups is 1. The van der Waals surface area contributed by atoms with E-state index in [9.17, 15) is 4.79 Å². The number of hydrogen-bond acceptors (Lipinski definition) is 4. The average molecular weight is 376 g/mol. The maximum Gasteiger partial charge on any atom is 0.317 e. The summed E-state index contributed by atoms with van der Waals surface area (Å²) in [5.41, 5.74) is 2.36. The van der Waals surface area contributed by atoms with E-state index in [4.69, 9.17) is 9.47 Å². The number of hydrogen-bond donors (Lipinski definition) is 1. The van der Waals surface area contributed by atoms with Crippen LogP contribution in [-0.2, 0) is 16.0 Å². The lowest BCUT2D eigenvalue weighted by Gasteiger charge is -2.55. The third-order valence-corrected chi connectivity index (χ3v) is 5.72. The summed E-state index contributed by atoms with van der Waals surface area (Å²) in [5.74, 6) is 0. The number of carbonyl (C=O) groups is 1. The van der Waals surface area contributed by atoms with E-state index < -0.39 is 0 Å². The largest absolute Gasteiger partial charge is 0.379 e. The van der Waals surface area contributed by atoms with Crippen molar-refractivity contribution < 1.29 is 14.3 Å². The van der Waals surface area contributed by atoms with Gasteiger partial charge in [-0.2, -0.15) is 0 Å². The van der Waals surface area contributed by atoms with Gasteiger partial charge in [0.25, 0.3) is 0 Å². The Morgan fingerprint density at radius 1 is 1.37 bits per heavy atom. The first-order valence-electron chi connectivity index (χ1n) is 10.0. The fraction of sp³-hybridized carbons (Fsp3) is 0.667. The number of nitrogens with zero attached hydrogens (tertiary/aromatic N) is 2. The van der Waals surface area contributed by atoms with Crippen molar-refractivity contribution in [3.05, 3.63) is 35.4 Å². The first-order chi connectivity index (χ1) is 13.0. The van der Waals surface area contributed by atoms with Crippen LogP contribution < -0.4 is 5.32 Å². The Hall–Kier alpha value is -1.63. The minimum atomic E-state index is -0.0241. The van der Waals surface area contributed by atoms with E-state index >= 15 is 0 Å². The van der Waals surface area contributed by atoms with Crippen LogP contribution in [0.4, 0.5) is 4.79 Å². The van der Waals surface area contributed by atoms with Crippen molar-refractivity contribution >= 4 is 6.03 Å². The molecule has 1 aromatic carbocycles. The predicted molar refractivity (Wildman–Crippen MR) is 106 cm³/mol. The lowest BCUT2D eigenvalue weighted by atomic mass is 9.72. The van der Waals surface area contributed by atoms with Crippen molar-refractivity contribution in [2.24, 2.45) is 0 Å². The zero-order valence-electron chi connectivity index (χ0n) is 16.9. The highest BCUT2D eigenvalue weighted by Crippen LogP contribution is 2.40. The molecule has 0 aromatic heterocycles. The van der Waals surface area contributed by atoms with E-state index in [1.54, 1.807) is 4.90 Å². The average Bonchev–Trinajstić information content (AvgIpc) is 2.64. The number of benzene rings is 1. The van der Waals surface area contributed by atoms with Crippen molar-refractivity contribution in [3.8, 4) is 0 Å². The van der Waals surface area contributed by atoms with Crippen LogP contribution >= 0.6 is 0 Å². The summed E-state index contributed by atoms with van der Waals surface area (Å²) in [5, 5.41) is 3.17. The van der Waals surface area contributed by atoms with E-state index in [0.29, 0.717) is 19.2 Å². The highest BCUT2D eigenvalue weighted by molar-refractivity contribution is 5.74. The van der Waals surface area contributed by atoms with Crippen LogP contribution in [0.25, 0.3) is 0 Å². The van der Waals surface area contributed by atoms with Gasteiger partial charge >= 0.3 is 6.03 Å². The van der Waals surface area contributed by atoms with Gasteiger partial charge in [-0.1, -0.05) is 29.8 Å². The Morgan fingerprint density at radius 3 is 2.78 bits per heavy atom. The number of morpholine rings is 1. The van der Waals surface area contributed by atoms with Gasteiger partial charge in [0.1, 0.15) is 0 Å². The zero-order chi connectivity index (χ0) is 19.3. The Labute approximate surface area is 162 Å². The summed E-state index contributed by atoms with van der Waals surface area (Å²) in [6.07, 6.45) is 2.26. The highest BCUT2D eigenvalue weighted by atomic mass is 16.5. The molecule has 3 rings (SSSR count). The maximum atomic E-state index is 12.6. The first kappa shape index (κ1) is 20.1. The van der Waals surface area contributed by atoms with E-state index in [0.717, 1.165) is 51.3 Å². The summed E-state index contributed by atoms with van der Waals surface area (Å²) in [4.78, 5) is 16.9. The van der Waals surface area contributed by atoms with Crippen molar-refractivity contribution in [3.63, 3.8) is 0 Å². The molecule has 150 valence electrons. The molecule has 1 N–H and O–H groups in total. The SMILES string of the molecule is CCOC1CC(CNC(=O)N(C)Cc2cccc(C)c2)(N2CCOCC2)C1. The molecule has 0 bridgehead atoms. The zero-order valence-corrected chi connectivity index (χ0v) is 16.9. The minimum absolute atomic E-state index is 0.00342. The Balaban J connectivity index is 1.55. The fourth-order valence-corrected chi connectivity index (χ4v) is 4.22. The molecule has 1 aromatic rings. The van der Waals surface area contributed by atoms with Crippen LogP contribution in [0.5, 0.6) is 0 Å². The normalized spacial score (nSPS) is 25.7. The monoisotopic (exact) mass is 375 g/mol. The van der Waals surface area contributed by atoms with Gasteiger partial charge in [-0.05, 0) is 32.3 Å². The summed E-state index contributed by atoms with van der Waals surface area (Å²) in [7, 11) is 1.85. The van der Waals surface area contributed by atoms with Crippen molar-refractivity contribution in [2.45, 2.75) is 44.9 Å². The Bertz CT molecular complexity index is 625. The molecule has 1 aliphatic heterocycles. The number of ether oxygens (including phenoxy) is 2. The highest BCUT2D eigenvalue weighted by Gasteiger charge is 2.49. The van der Waals surface area contributed by atoms with Gasteiger partial charge in [0.2, 0.25) is 0 Å². The second-order valence-electron chi connectivity index (χ2n) is 7.81. The topological polar surface area (TPSA) is 54.0 Å². The van der Waals surface area contributed by atoms with E-state index in [1.807, 2.05) is 20.0 Å². The molecule has 2 aliphatic rings. The number of amides is 2. The van der Waals surface area contributed by atoms with E-state index in [2.05, 4.69) is 35.3 Å². The lowest BCUT2D eigenvalue weighted by molar-refractivity contribution is -0.124. The summed E-state index contributed by atoms with van der Waals surface area (Å²) < 4.78 is 11.3. The van der Waals surface area contributed by atoms with Gasteiger partial charge in [0, 0.05) is 45.4 Å². The quantitative estimate of drug-likeness (QED) is 0.795. The second kappa shape index (κ2) is 9.04. The summed E-state index contributed by atoms with van der Waals surface area (Å²) in [6.45, 7) is 9.51. The van der Waals surface area contributed by atoms with Crippen LogP contribution in [0.15, 0.2) is 24.3 Å². The van der Waals surface area contributed by atoms with Gasteiger partial charge in [-0.3, -0.25) is 4.90 Å². The standard InChI is InChI=1S/C21H33N3O3/c1-4-27-19-13-21(14-19,24-8-10-26-11-9-24)16-22-20(25)23(3)15-18-7-5-6-17(2)12-18/h5-7,12,19H,4,8-11,13-16H2,1-3H3,(H,22,25). The molecule has 2 amide bonds. The molecule has 1 heterocycles. The van der Waals surface area contributed by atoms with E-state index in [1.165, 1.54) is 5.56 Å². The molecule has 27 heavy (non-hydrogen) atoms. The molecule has 0 atom stereocenters. The number of nitrogens with one attached hydrogen (secondary N) is 1. The van der Waals surface area contributed by atoms with Crippen LogP contribution in [0, 0.1) is 6.92 Å². The van der Waals surface area contributed by atoms with Crippen LogP contribution in [-0.4, -0.2) is 74.0 Å². The Morgan fingerprint density at radius 2 is 2.11 bits per heavy atom. The van der Waals surface area contributed by atoms with Crippen LogP contribution in [0.1, 0.15) is 30.9 Å². The summed E-state index contributed by atoms with van der Waals surface area (Å²) in [6, 6.07) is 8.26. The van der Waals surface area contributed by atoms with E-state index in [-0.39, 0.29) is 11.6 Å². The van der Waals surface area contributed by atoms with Crippen molar-refractivity contribution in [2.75, 3.05) is 46.5 Å². The molecule has 6 nitrogen and oxygen atoms in total. The molecule has 6 heteroatoms. The molecular weight excluding hydrogens is 342 g/mol. The second-order valence-corrected chi connectivity index (χ2v) is 7.81. The van der Waals surface area contributed by atoms with Gasteiger partial charge in [0.05, 0.1) is 19.3 Å². The minimum Gasteiger partial charge on any atom is -0.379 e. The molecule has 0 radical (unpaired) electrons. The van der Waals surface area contributed by atoms with Gasteiger partial charge in [-0.25, -0.2) is 4.79 Å². The van der Waals surface area contributed by atoms with Gasteiger partial charge in [-0.15, -0.1) is 0 Å². The van der Waals surface area contributed by atoms with Gasteiger partial charge < -0.3 is 19.7 Å².